The van der Waals surface area contributed by atoms with Crippen LogP contribution in [0.5, 0.6) is 0 Å². The van der Waals surface area contributed by atoms with Gasteiger partial charge >= 0.3 is 33.6 Å². The molecule has 0 aromatic rings. The Bertz CT molecular complexity index is 516. The Balaban J connectivity index is 5.25. The summed E-state index contributed by atoms with van der Waals surface area (Å²) in [5.41, 5.74) is 0. The molecule has 0 heterocycles. The fourth-order valence-electron chi connectivity index (χ4n) is 1.22. The summed E-state index contributed by atoms with van der Waals surface area (Å²) in [5.74, 6) is -5.33. The van der Waals surface area contributed by atoms with Gasteiger partial charge in [0.15, 0.2) is 0 Å². The number of ether oxygens (including phenoxy) is 1. The monoisotopic (exact) mass is 382 g/mol. The van der Waals surface area contributed by atoms with E-state index in [1.54, 1.807) is 0 Å². The quantitative estimate of drug-likeness (QED) is 0.243. The molecule has 13 heteroatoms. The Morgan fingerprint density at radius 1 is 0.913 bits per heavy atom. The minimum Gasteiger partial charge on any atom is -0.245 e. The van der Waals surface area contributed by atoms with Crippen molar-refractivity contribution < 1.29 is 52.2 Å². The molecule has 0 bridgehead atoms. The van der Waals surface area contributed by atoms with Gasteiger partial charge in [-0.3, -0.25) is 0 Å². The molecule has 0 saturated carbocycles. The van der Waals surface area contributed by atoms with Crippen molar-refractivity contribution in [2.75, 3.05) is 0 Å². The topological polar surface area (TPSA) is 43.4 Å². The molecular formula is C10H11F9O3S. The van der Waals surface area contributed by atoms with Crippen molar-refractivity contribution in [1.82, 2.24) is 0 Å². The summed E-state index contributed by atoms with van der Waals surface area (Å²) >= 11 is 0. The van der Waals surface area contributed by atoms with Gasteiger partial charge in [-0.15, -0.1) is 6.58 Å². The molecule has 0 amide bonds. The number of halogens is 9. The normalized spacial score (nSPS) is 14.8. The Kier molecular flexibility index (Phi) is 6.58. The molecule has 0 fully saturated rings. The molecule has 0 aromatic heterocycles. The highest BCUT2D eigenvalue weighted by Gasteiger charge is 2.74. The van der Waals surface area contributed by atoms with Crippen LogP contribution in [0.1, 0.15) is 25.7 Å². The highest BCUT2D eigenvalue weighted by molar-refractivity contribution is 7.87. The van der Waals surface area contributed by atoms with E-state index in [0.29, 0.717) is 0 Å². The standard InChI is InChI=1S/C10H11F9O3S/c1-2-3-4-5-6-7(11,12)8(13,14)22-9(15,16)10(17,18)23(19,20)21/h2H,1,3-6H2. The number of unbranched alkanes of at least 4 members (excludes halogenated alkanes) is 2. The Morgan fingerprint density at radius 3 is 1.78 bits per heavy atom. The van der Waals surface area contributed by atoms with Crippen LogP contribution in [0.25, 0.3) is 0 Å². The third-order valence-corrected chi connectivity index (χ3v) is 3.33. The van der Waals surface area contributed by atoms with Gasteiger partial charge in [0.1, 0.15) is 0 Å². The first-order chi connectivity index (χ1) is 10.0. The third kappa shape index (κ3) is 4.99. The molecule has 0 atom stereocenters. The molecule has 23 heavy (non-hydrogen) atoms. The maximum absolute atomic E-state index is 13.1. The van der Waals surface area contributed by atoms with Crippen molar-refractivity contribution in [2.24, 2.45) is 0 Å². The summed E-state index contributed by atoms with van der Waals surface area (Å²) in [6, 6.07) is 0. The van der Waals surface area contributed by atoms with Crippen LogP contribution in [0, 0.1) is 0 Å². The summed E-state index contributed by atoms with van der Waals surface area (Å²) in [6.07, 6.45) is -13.9. The zero-order valence-electron chi connectivity index (χ0n) is 11.1. The van der Waals surface area contributed by atoms with Gasteiger partial charge in [-0.1, -0.05) is 9.96 Å². The van der Waals surface area contributed by atoms with E-state index in [9.17, 15) is 47.4 Å². The van der Waals surface area contributed by atoms with E-state index in [0.717, 1.165) is 0 Å². The predicted octanol–water partition coefficient (Wildman–Crippen LogP) is 4.46. The summed E-state index contributed by atoms with van der Waals surface area (Å²) in [7, 11) is -7.40. The lowest BCUT2D eigenvalue weighted by Gasteiger charge is -2.31. The molecule has 0 unspecified atom stereocenters. The molecule has 0 saturated heterocycles. The van der Waals surface area contributed by atoms with Crippen LogP contribution in [-0.2, 0) is 15.0 Å². The van der Waals surface area contributed by atoms with Gasteiger partial charge in [-0.05, 0) is 19.3 Å². The Morgan fingerprint density at radius 2 is 1.39 bits per heavy atom. The van der Waals surface area contributed by atoms with E-state index in [-0.39, 0.29) is 12.8 Å². The van der Waals surface area contributed by atoms with Crippen molar-refractivity contribution in [2.45, 2.75) is 49.1 Å². The summed E-state index contributed by atoms with van der Waals surface area (Å²) < 4.78 is 137. The number of rotatable bonds is 10. The molecule has 138 valence electrons. The van der Waals surface area contributed by atoms with Gasteiger partial charge in [0.05, 0.1) is 0 Å². The van der Waals surface area contributed by atoms with Gasteiger partial charge in [0.25, 0.3) is 0 Å². The maximum atomic E-state index is 13.1. The van der Waals surface area contributed by atoms with Crippen LogP contribution >= 0.6 is 0 Å². The van der Waals surface area contributed by atoms with Crippen LogP contribution in [0.3, 0.4) is 0 Å². The second kappa shape index (κ2) is 6.87. The first-order valence-electron chi connectivity index (χ1n) is 5.78. The lowest BCUT2D eigenvalue weighted by atomic mass is 10.1. The minimum absolute atomic E-state index is 0.0828. The van der Waals surface area contributed by atoms with E-state index in [2.05, 4.69) is 6.58 Å². The molecular weight excluding hydrogens is 371 g/mol. The number of alkyl halides is 8. The van der Waals surface area contributed by atoms with Crippen molar-refractivity contribution in [1.29, 1.82) is 0 Å². The number of hydrogen-bond donors (Lipinski definition) is 0. The maximum Gasteiger partial charge on any atom is 0.464 e. The molecule has 0 aliphatic carbocycles. The van der Waals surface area contributed by atoms with Crippen LogP contribution in [0.4, 0.5) is 39.0 Å². The third-order valence-electron chi connectivity index (χ3n) is 2.48. The van der Waals surface area contributed by atoms with Gasteiger partial charge in [0.2, 0.25) is 0 Å². The van der Waals surface area contributed by atoms with E-state index < -0.39 is 46.5 Å². The van der Waals surface area contributed by atoms with Crippen molar-refractivity contribution in [3.8, 4) is 0 Å². The minimum atomic E-state index is -7.40. The molecule has 0 aliphatic rings. The molecule has 0 radical (unpaired) electrons. The first-order valence-corrected chi connectivity index (χ1v) is 7.17. The average molecular weight is 382 g/mol. The summed E-state index contributed by atoms with van der Waals surface area (Å²) in [5, 5.41) is -6.78. The molecule has 0 aliphatic heterocycles. The van der Waals surface area contributed by atoms with E-state index in [1.165, 1.54) is 6.08 Å². The summed E-state index contributed by atoms with van der Waals surface area (Å²) in [6.45, 7) is 3.21. The fraction of sp³-hybridized carbons (Fsp3) is 0.800. The average Bonchev–Trinajstić information content (AvgIpc) is 2.31. The Labute approximate surface area is 125 Å². The van der Waals surface area contributed by atoms with Crippen LogP contribution in [-0.4, -0.2) is 31.8 Å². The van der Waals surface area contributed by atoms with Gasteiger partial charge in [-0.25, -0.2) is 4.74 Å². The lowest BCUT2D eigenvalue weighted by Crippen LogP contribution is -2.55. The Hall–Kier alpha value is -0.980. The highest BCUT2D eigenvalue weighted by Crippen LogP contribution is 2.48. The van der Waals surface area contributed by atoms with Gasteiger partial charge in [-0.2, -0.15) is 43.5 Å². The lowest BCUT2D eigenvalue weighted by molar-refractivity contribution is -0.456. The molecule has 3 nitrogen and oxygen atoms in total. The molecule has 0 N–H and O–H groups in total. The van der Waals surface area contributed by atoms with Gasteiger partial charge in [0, 0.05) is 6.42 Å². The predicted molar refractivity (Wildman–Crippen MR) is 59.6 cm³/mol. The zero-order chi connectivity index (χ0) is 18.7. The fourth-order valence-corrected chi connectivity index (χ4v) is 1.54. The molecule has 0 rings (SSSR count). The molecule has 0 aromatic carbocycles. The largest absolute Gasteiger partial charge is 0.464 e. The second-order valence-corrected chi connectivity index (χ2v) is 5.72. The highest BCUT2D eigenvalue weighted by atomic mass is 32.3. The van der Waals surface area contributed by atoms with Crippen LogP contribution < -0.4 is 0 Å². The van der Waals surface area contributed by atoms with Crippen molar-refractivity contribution in [3.63, 3.8) is 0 Å². The van der Waals surface area contributed by atoms with Crippen molar-refractivity contribution in [3.05, 3.63) is 12.7 Å². The first kappa shape index (κ1) is 22.0. The second-order valence-electron chi connectivity index (χ2n) is 4.33. The van der Waals surface area contributed by atoms with Crippen LogP contribution in [0.2, 0.25) is 0 Å². The SMILES string of the molecule is C=CCCCCC(F)(F)C(F)(F)OC(F)(F)C(F)(F)S(=O)(=O)F. The molecule has 0 spiro atoms. The number of allylic oxidation sites excluding steroid dienone is 1. The van der Waals surface area contributed by atoms with Gasteiger partial charge < -0.3 is 0 Å². The smallest absolute Gasteiger partial charge is 0.245 e. The van der Waals surface area contributed by atoms with E-state index in [1.807, 2.05) is 4.74 Å². The van der Waals surface area contributed by atoms with Crippen molar-refractivity contribution >= 4 is 10.2 Å². The zero-order valence-corrected chi connectivity index (χ0v) is 12.0. The van der Waals surface area contributed by atoms with E-state index >= 15 is 0 Å². The van der Waals surface area contributed by atoms with E-state index in [4.69, 9.17) is 0 Å². The number of hydrogen-bond acceptors (Lipinski definition) is 3. The summed E-state index contributed by atoms with van der Waals surface area (Å²) in [4.78, 5) is 0. The van der Waals surface area contributed by atoms with Crippen LogP contribution in [0.15, 0.2) is 12.7 Å².